The molecule has 0 spiro atoms. The monoisotopic (exact) mass is 193 g/mol. The number of primary amides is 1. The molecule has 14 heavy (non-hydrogen) atoms. The number of amides is 1. The first-order valence-corrected chi connectivity index (χ1v) is 4.69. The van der Waals surface area contributed by atoms with Gasteiger partial charge in [-0.2, -0.15) is 5.10 Å². The summed E-state index contributed by atoms with van der Waals surface area (Å²) in [5.41, 5.74) is 6.00. The maximum atomic E-state index is 10.4. The minimum Gasteiger partial charge on any atom is -0.369 e. The molecule has 0 saturated heterocycles. The largest absolute Gasteiger partial charge is 0.369 e. The van der Waals surface area contributed by atoms with Crippen LogP contribution in [0.4, 0.5) is 0 Å². The number of aromatic nitrogens is 2. The number of nitrogens with zero attached hydrogens (tertiary/aromatic N) is 2. The molecule has 0 aliphatic rings. The topological polar surface area (TPSA) is 60.9 Å². The van der Waals surface area contributed by atoms with E-state index in [1.165, 1.54) is 0 Å². The first kappa shape index (κ1) is 10.5. The molecule has 4 nitrogen and oxygen atoms in total. The van der Waals surface area contributed by atoms with Crippen LogP contribution in [0.1, 0.15) is 25.3 Å². The average molecular weight is 193 g/mol. The Morgan fingerprint density at radius 2 is 2.50 bits per heavy atom. The van der Waals surface area contributed by atoms with E-state index in [0.29, 0.717) is 0 Å². The Morgan fingerprint density at radius 3 is 3.14 bits per heavy atom. The van der Waals surface area contributed by atoms with Crippen molar-refractivity contribution in [1.82, 2.24) is 9.78 Å². The van der Waals surface area contributed by atoms with Gasteiger partial charge < -0.3 is 5.73 Å². The van der Waals surface area contributed by atoms with Crippen LogP contribution in [0, 0.1) is 0 Å². The second-order valence-electron chi connectivity index (χ2n) is 3.11. The number of nitrogens with two attached hydrogens (primary N) is 1. The Labute approximate surface area is 83.4 Å². The zero-order chi connectivity index (χ0) is 10.4. The van der Waals surface area contributed by atoms with Crippen LogP contribution in [-0.2, 0) is 11.3 Å². The van der Waals surface area contributed by atoms with Crippen LogP contribution in [-0.4, -0.2) is 15.7 Å². The molecule has 1 amide bonds. The van der Waals surface area contributed by atoms with Gasteiger partial charge in [-0.1, -0.05) is 19.1 Å². The summed E-state index contributed by atoms with van der Waals surface area (Å²) in [5, 5.41) is 4.15. The molecule has 76 valence electrons. The molecule has 1 aromatic heterocycles. The van der Waals surface area contributed by atoms with E-state index in [1.54, 1.807) is 12.3 Å². The van der Waals surface area contributed by atoms with Crippen molar-refractivity contribution in [1.29, 1.82) is 0 Å². The summed E-state index contributed by atoms with van der Waals surface area (Å²) in [6, 6.07) is 0. The van der Waals surface area contributed by atoms with Crippen LogP contribution < -0.4 is 5.73 Å². The number of aryl methyl sites for hydroxylation is 1. The lowest BCUT2D eigenvalue weighted by Crippen LogP contribution is -2.07. The van der Waals surface area contributed by atoms with E-state index in [2.05, 4.69) is 12.0 Å². The summed E-state index contributed by atoms with van der Waals surface area (Å²) in [4.78, 5) is 10.4. The zero-order valence-corrected chi connectivity index (χ0v) is 8.31. The first-order valence-electron chi connectivity index (χ1n) is 4.69. The highest BCUT2D eigenvalue weighted by Gasteiger charge is 1.93. The van der Waals surface area contributed by atoms with Crippen LogP contribution in [0.25, 0.3) is 6.08 Å². The molecule has 1 rings (SSSR count). The van der Waals surface area contributed by atoms with Crippen LogP contribution in [0.5, 0.6) is 0 Å². The van der Waals surface area contributed by atoms with E-state index in [9.17, 15) is 4.79 Å². The van der Waals surface area contributed by atoms with Crippen molar-refractivity contribution in [2.75, 3.05) is 0 Å². The number of carbonyl (C=O) groups is 1. The van der Waals surface area contributed by atoms with Gasteiger partial charge in [0, 0.05) is 24.7 Å². The molecule has 1 heterocycles. The summed E-state index contributed by atoms with van der Waals surface area (Å²) in [5.74, 6) is -0.317. The Balaban J connectivity index is 2.50. The molecule has 0 bridgehead atoms. The fourth-order valence-electron chi connectivity index (χ4n) is 1.13. The van der Waals surface area contributed by atoms with Crippen LogP contribution in [0.2, 0.25) is 0 Å². The van der Waals surface area contributed by atoms with E-state index in [1.807, 2.05) is 17.0 Å². The van der Waals surface area contributed by atoms with Crippen molar-refractivity contribution in [2.45, 2.75) is 26.3 Å². The lowest BCUT2D eigenvalue weighted by Gasteiger charge is -1.93. The van der Waals surface area contributed by atoms with Gasteiger partial charge in [0.25, 0.3) is 0 Å². The summed E-state index contributed by atoms with van der Waals surface area (Å²) < 4.78 is 1.88. The summed E-state index contributed by atoms with van der Waals surface area (Å²) >= 11 is 0. The smallest absolute Gasteiger partial charge is 0.221 e. The highest BCUT2D eigenvalue weighted by Crippen LogP contribution is 2.01. The Kier molecular flexibility index (Phi) is 3.91. The molecule has 0 atom stereocenters. The summed E-state index contributed by atoms with van der Waals surface area (Å²) in [6.07, 6.45) is 8.65. The maximum Gasteiger partial charge on any atom is 0.221 e. The second-order valence-corrected chi connectivity index (χ2v) is 3.11. The molecule has 0 fully saturated rings. The molecule has 0 radical (unpaired) electrons. The third-order valence-electron chi connectivity index (χ3n) is 1.74. The molecule has 2 N–H and O–H groups in total. The number of hydrogen-bond donors (Lipinski definition) is 1. The molecule has 0 aliphatic heterocycles. The number of carbonyl (C=O) groups excluding carboxylic acids is 1. The van der Waals surface area contributed by atoms with Crippen molar-refractivity contribution in [2.24, 2.45) is 5.73 Å². The quantitative estimate of drug-likeness (QED) is 0.763. The van der Waals surface area contributed by atoms with Crippen LogP contribution in [0.15, 0.2) is 18.5 Å². The number of hydrogen-bond acceptors (Lipinski definition) is 2. The average Bonchev–Trinajstić information content (AvgIpc) is 2.53. The van der Waals surface area contributed by atoms with Gasteiger partial charge in [0.05, 0.1) is 6.20 Å². The lowest BCUT2D eigenvalue weighted by atomic mass is 10.3. The molecule has 4 heteroatoms. The normalized spacial score (nSPS) is 10.9. The van der Waals surface area contributed by atoms with Crippen molar-refractivity contribution < 1.29 is 4.79 Å². The maximum absolute atomic E-state index is 10.4. The van der Waals surface area contributed by atoms with Gasteiger partial charge in [-0.05, 0) is 6.42 Å². The zero-order valence-electron chi connectivity index (χ0n) is 8.31. The lowest BCUT2D eigenvalue weighted by molar-refractivity contribution is -0.117. The molecular weight excluding hydrogens is 178 g/mol. The minimum atomic E-state index is -0.317. The van der Waals surface area contributed by atoms with Crippen LogP contribution >= 0.6 is 0 Å². The van der Waals surface area contributed by atoms with Crippen LogP contribution in [0.3, 0.4) is 0 Å². The highest BCUT2D eigenvalue weighted by molar-refractivity contribution is 5.76. The number of rotatable bonds is 5. The molecule has 0 saturated carbocycles. The first-order chi connectivity index (χ1) is 6.72. The standard InChI is InChI=1S/C10H15N3O/c1-2-6-13-8-9(7-12-13)4-3-5-10(11)14/h3-4,7-8H,2,5-6H2,1H3,(H2,11,14). The van der Waals surface area contributed by atoms with E-state index in [0.717, 1.165) is 18.5 Å². The van der Waals surface area contributed by atoms with E-state index < -0.39 is 0 Å². The van der Waals surface area contributed by atoms with Crippen molar-refractivity contribution in [3.63, 3.8) is 0 Å². The summed E-state index contributed by atoms with van der Waals surface area (Å²) in [6.45, 7) is 3.02. The van der Waals surface area contributed by atoms with E-state index >= 15 is 0 Å². The summed E-state index contributed by atoms with van der Waals surface area (Å²) in [7, 11) is 0. The van der Waals surface area contributed by atoms with Gasteiger partial charge in [-0.15, -0.1) is 0 Å². The fourth-order valence-corrected chi connectivity index (χ4v) is 1.13. The van der Waals surface area contributed by atoms with E-state index in [4.69, 9.17) is 5.73 Å². The molecule has 0 unspecified atom stereocenters. The van der Waals surface area contributed by atoms with Gasteiger partial charge >= 0.3 is 0 Å². The molecule has 1 aromatic rings. The predicted octanol–water partition coefficient (Wildman–Crippen LogP) is 1.18. The fraction of sp³-hybridized carbons (Fsp3) is 0.400. The second kappa shape index (κ2) is 5.21. The Morgan fingerprint density at radius 1 is 1.71 bits per heavy atom. The Hall–Kier alpha value is -1.58. The van der Waals surface area contributed by atoms with Crippen molar-refractivity contribution >= 4 is 12.0 Å². The minimum absolute atomic E-state index is 0.277. The third kappa shape index (κ3) is 3.43. The van der Waals surface area contributed by atoms with E-state index in [-0.39, 0.29) is 12.3 Å². The van der Waals surface area contributed by atoms with Crippen molar-refractivity contribution in [3.8, 4) is 0 Å². The van der Waals surface area contributed by atoms with Gasteiger partial charge in [-0.25, -0.2) is 0 Å². The molecule has 0 aromatic carbocycles. The molecule has 0 aliphatic carbocycles. The van der Waals surface area contributed by atoms with Gasteiger partial charge in [0.2, 0.25) is 5.91 Å². The highest BCUT2D eigenvalue weighted by atomic mass is 16.1. The van der Waals surface area contributed by atoms with Gasteiger partial charge in [0.15, 0.2) is 0 Å². The predicted molar refractivity (Wildman–Crippen MR) is 55.4 cm³/mol. The van der Waals surface area contributed by atoms with Gasteiger partial charge in [-0.3, -0.25) is 9.48 Å². The SMILES string of the molecule is CCCn1cc(C=CCC(N)=O)cn1. The molecular formula is C10H15N3O. The van der Waals surface area contributed by atoms with Gasteiger partial charge in [0.1, 0.15) is 0 Å². The third-order valence-corrected chi connectivity index (χ3v) is 1.74. The Bertz CT molecular complexity index is 328. The van der Waals surface area contributed by atoms with Crippen molar-refractivity contribution in [3.05, 3.63) is 24.0 Å².